The lowest BCUT2D eigenvalue weighted by atomic mass is 9.77. The van der Waals surface area contributed by atoms with Crippen molar-refractivity contribution in [2.75, 3.05) is 6.61 Å². The Bertz CT molecular complexity index is 230. The highest BCUT2D eigenvalue weighted by molar-refractivity contribution is 5.77. The molecule has 6 heteroatoms. The van der Waals surface area contributed by atoms with E-state index in [1.807, 2.05) is 0 Å². The Morgan fingerprint density at radius 3 is 2.33 bits per heavy atom. The van der Waals surface area contributed by atoms with Gasteiger partial charge < -0.3 is 10.4 Å². The quantitative estimate of drug-likeness (QED) is 0.759. The Morgan fingerprint density at radius 1 is 1.40 bits per heavy atom. The number of alkyl halides is 3. The van der Waals surface area contributed by atoms with Gasteiger partial charge in [-0.05, 0) is 19.3 Å². The van der Waals surface area contributed by atoms with Crippen molar-refractivity contribution in [1.29, 1.82) is 0 Å². The van der Waals surface area contributed by atoms with Crippen LogP contribution in [0.1, 0.15) is 32.1 Å². The third kappa shape index (κ3) is 3.70. The van der Waals surface area contributed by atoms with Crippen molar-refractivity contribution < 1.29 is 23.1 Å². The SMILES string of the molecule is O=C(CCC(F)(F)F)NC1(CO)CCC1. The van der Waals surface area contributed by atoms with Crippen molar-refractivity contribution in [2.45, 2.75) is 43.8 Å². The maximum absolute atomic E-state index is 11.8. The average molecular weight is 225 g/mol. The van der Waals surface area contributed by atoms with Crippen LogP contribution in [0, 0.1) is 0 Å². The molecule has 0 heterocycles. The van der Waals surface area contributed by atoms with Crippen LogP contribution in [-0.4, -0.2) is 29.3 Å². The normalized spacial score (nSPS) is 19.5. The lowest BCUT2D eigenvalue weighted by Crippen LogP contribution is -2.56. The van der Waals surface area contributed by atoms with Crippen LogP contribution in [0.15, 0.2) is 0 Å². The molecular weight excluding hydrogens is 211 g/mol. The lowest BCUT2D eigenvalue weighted by Gasteiger charge is -2.41. The Hall–Kier alpha value is -0.780. The van der Waals surface area contributed by atoms with Gasteiger partial charge in [0.25, 0.3) is 0 Å². The van der Waals surface area contributed by atoms with Crippen LogP contribution in [0.4, 0.5) is 13.2 Å². The second kappa shape index (κ2) is 4.38. The van der Waals surface area contributed by atoms with Gasteiger partial charge in [0.2, 0.25) is 5.91 Å². The molecule has 2 N–H and O–H groups in total. The summed E-state index contributed by atoms with van der Waals surface area (Å²) in [7, 11) is 0. The molecule has 0 aromatic carbocycles. The highest BCUT2D eigenvalue weighted by atomic mass is 19.4. The summed E-state index contributed by atoms with van der Waals surface area (Å²) >= 11 is 0. The zero-order chi connectivity index (χ0) is 11.5. The van der Waals surface area contributed by atoms with Crippen molar-refractivity contribution in [3.63, 3.8) is 0 Å². The molecule has 3 nitrogen and oxygen atoms in total. The fraction of sp³-hybridized carbons (Fsp3) is 0.889. The van der Waals surface area contributed by atoms with Gasteiger partial charge >= 0.3 is 6.18 Å². The van der Waals surface area contributed by atoms with Crippen molar-refractivity contribution in [3.8, 4) is 0 Å². The van der Waals surface area contributed by atoms with E-state index in [0.717, 1.165) is 6.42 Å². The summed E-state index contributed by atoms with van der Waals surface area (Å²) in [5.74, 6) is -0.638. The Kier molecular flexibility index (Phi) is 3.59. The van der Waals surface area contributed by atoms with Gasteiger partial charge in [0.15, 0.2) is 0 Å². The van der Waals surface area contributed by atoms with Crippen molar-refractivity contribution >= 4 is 5.91 Å². The maximum atomic E-state index is 11.8. The topological polar surface area (TPSA) is 49.3 Å². The predicted molar refractivity (Wildman–Crippen MR) is 47.1 cm³/mol. The first-order valence-electron chi connectivity index (χ1n) is 4.86. The summed E-state index contributed by atoms with van der Waals surface area (Å²) in [6.07, 6.45) is -3.81. The summed E-state index contributed by atoms with van der Waals surface area (Å²) in [5, 5.41) is 11.4. The molecule has 1 rings (SSSR count). The molecule has 0 atom stereocenters. The zero-order valence-electron chi connectivity index (χ0n) is 8.23. The molecule has 88 valence electrons. The van der Waals surface area contributed by atoms with Gasteiger partial charge in [0.1, 0.15) is 0 Å². The minimum atomic E-state index is -4.30. The molecular formula is C9H14F3NO2. The number of carbonyl (C=O) groups is 1. The molecule has 1 aliphatic carbocycles. The van der Waals surface area contributed by atoms with Crippen LogP contribution < -0.4 is 5.32 Å². The fourth-order valence-electron chi connectivity index (χ4n) is 1.54. The summed E-state index contributed by atoms with van der Waals surface area (Å²) in [6.45, 7) is -0.204. The molecule has 0 spiro atoms. The van der Waals surface area contributed by atoms with E-state index < -0.39 is 30.5 Å². The third-order valence-electron chi connectivity index (χ3n) is 2.65. The Labute approximate surface area is 85.7 Å². The number of carbonyl (C=O) groups excluding carboxylic acids is 1. The Morgan fingerprint density at radius 2 is 2.00 bits per heavy atom. The van der Waals surface area contributed by atoms with Crippen molar-refractivity contribution in [2.24, 2.45) is 0 Å². The standard InChI is InChI=1S/C9H14F3NO2/c10-9(11,12)5-2-7(15)13-8(6-14)3-1-4-8/h14H,1-6H2,(H,13,15). The summed E-state index contributed by atoms with van der Waals surface area (Å²) in [5.41, 5.74) is -0.650. The van der Waals surface area contributed by atoms with Crippen molar-refractivity contribution in [1.82, 2.24) is 5.32 Å². The summed E-state index contributed by atoms with van der Waals surface area (Å²) in [6, 6.07) is 0. The maximum Gasteiger partial charge on any atom is 0.389 e. The molecule has 0 bridgehead atoms. The van der Waals surface area contributed by atoms with E-state index in [1.54, 1.807) is 0 Å². The molecule has 0 radical (unpaired) electrons. The highest BCUT2D eigenvalue weighted by Gasteiger charge is 2.38. The number of amides is 1. The first-order valence-corrected chi connectivity index (χ1v) is 4.86. The molecule has 1 saturated carbocycles. The van der Waals surface area contributed by atoms with Crippen LogP contribution >= 0.6 is 0 Å². The van der Waals surface area contributed by atoms with E-state index in [-0.39, 0.29) is 6.61 Å². The first-order chi connectivity index (χ1) is 6.87. The minimum absolute atomic E-state index is 0.204. The van der Waals surface area contributed by atoms with E-state index >= 15 is 0 Å². The lowest BCUT2D eigenvalue weighted by molar-refractivity contribution is -0.145. The highest BCUT2D eigenvalue weighted by Crippen LogP contribution is 2.31. The molecule has 0 unspecified atom stereocenters. The summed E-state index contributed by atoms with van der Waals surface area (Å²) in [4.78, 5) is 11.1. The number of aliphatic hydroxyl groups is 1. The van der Waals surface area contributed by atoms with Crippen LogP contribution in [0.25, 0.3) is 0 Å². The van der Waals surface area contributed by atoms with Gasteiger partial charge in [0.05, 0.1) is 18.6 Å². The van der Waals surface area contributed by atoms with Crippen molar-refractivity contribution in [3.05, 3.63) is 0 Å². The van der Waals surface area contributed by atoms with E-state index in [0.29, 0.717) is 12.8 Å². The molecule has 0 saturated heterocycles. The smallest absolute Gasteiger partial charge is 0.389 e. The molecule has 0 aromatic heterocycles. The average Bonchev–Trinajstić information content (AvgIpc) is 2.07. The molecule has 15 heavy (non-hydrogen) atoms. The summed E-state index contributed by atoms with van der Waals surface area (Å²) < 4.78 is 35.4. The number of aliphatic hydroxyl groups excluding tert-OH is 1. The van der Waals surface area contributed by atoms with Gasteiger partial charge in [-0.25, -0.2) is 0 Å². The van der Waals surface area contributed by atoms with Crippen LogP contribution in [0.2, 0.25) is 0 Å². The zero-order valence-corrected chi connectivity index (χ0v) is 8.23. The molecule has 0 aromatic rings. The first kappa shape index (κ1) is 12.3. The number of nitrogens with one attached hydrogen (secondary N) is 1. The second-order valence-corrected chi connectivity index (χ2v) is 3.96. The third-order valence-corrected chi connectivity index (χ3v) is 2.65. The van der Waals surface area contributed by atoms with Crippen LogP contribution in [0.5, 0.6) is 0 Å². The van der Waals surface area contributed by atoms with E-state index in [1.165, 1.54) is 0 Å². The number of hydrogen-bond acceptors (Lipinski definition) is 2. The van der Waals surface area contributed by atoms with Gasteiger partial charge in [-0.3, -0.25) is 4.79 Å². The molecule has 1 aliphatic rings. The van der Waals surface area contributed by atoms with Gasteiger partial charge in [-0.15, -0.1) is 0 Å². The van der Waals surface area contributed by atoms with Crippen LogP contribution in [-0.2, 0) is 4.79 Å². The second-order valence-electron chi connectivity index (χ2n) is 3.96. The predicted octanol–water partition coefficient (Wildman–Crippen LogP) is 1.36. The van der Waals surface area contributed by atoms with Gasteiger partial charge in [-0.2, -0.15) is 13.2 Å². The molecule has 1 fully saturated rings. The molecule has 0 aliphatic heterocycles. The van der Waals surface area contributed by atoms with E-state index in [2.05, 4.69) is 5.32 Å². The van der Waals surface area contributed by atoms with E-state index in [4.69, 9.17) is 5.11 Å². The minimum Gasteiger partial charge on any atom is -0.394 e. The fourth-order valence-corrected chi connectivity index (χ4v) is 1.54. The number of hydrogen-bond donors (Lipinski definition) is 2. The number of rotatable bonds is 4. The largest absolute Gasteiger partial charge is 0.394 e. The monoisotopic (exact) mass is 225 g/mol. The van der Waals surface area contributed by atoms with Gasteiger partial charge in [0, 0.05) is 6.42 Å². The number of halogens is 3. The van der Waals surface area contributed by atoms with Crippen LogP contribution in [0.3, 0.4) is 0 Å². The van der Waals surface area contributed by atoms with E-state index in [9.17, 15) is 18.0 Å². The molecule has 1 amide bonds. The van der Waals surface area contributed by atoms with Gasteiger partial charge in [-0.1, -0.05) is 0 Å². The Balaban J connectivity index is 2.29.